The van der Waals surface area contributed by atoms with Crippen LogP contribution in [0.15, 0.2) is 67.3 Å². The van der Waals surface area contributed by atoms with E-state index in [1.54, 1.807) is 15.7 Å². The van der Waals surface area contributed by atoms with Crippen molar-refractivity contribution in [2.45, 2.75) is 48.0 Å². The summed E-state index contributed by atoms with van der Waals surface area (Å²) in [6, 6.07) is 14.8. The first-order valence-corrected chi connectivity index (χ1v) is 14.2. The molecule has 0 saturated carbocycles. The number of hydrogen-bond donors (Lipinski definition) is 2. The highest BCUT2D eigenvalue weighted by Gasteiger charge is 2.78. The molecule has 2 aromatic carbocycles. The number of thioether (sulfide) groups is 1. The fraction of sp³-hybridized carbons (Fsp3) is 0.414. The number of para-hydroxylation sites is 1. The van der Waals surface area contributed by atoms with Gasteiger partial charge < -0.3 is 20.0 Å². The number of nitrogens with zero attached hydrogens (tertiary/aromatic N) is 5. The van der Waals surface area contributed by atoms with E-state index >= 15 is 0 Å². The zero-order valence-electron chi connectivity index (χ0n) is 22.1. The standard InChI is InChI=1S/C29H31N5O5S/c1-3-15-32(17-33-20-12-8-7-11-19(20)30-31-33)26(37)24-29-14-13-28(2,40-29)23(27(38)39)22(29)25(36)34(24)21(16-35)18-9-5-4-6-10-18/h3-12,21-24,35H,1,13-17H2,2H3,(H,38,39)/t21-,22+,23+,24?,28-,29?/m1/s1. The second kappa shape index (κ2) is 9.74. The average molecular weight is 562 g/mol. The number of aliphatic hydroxyl groups excluding tert-OH is 1. The zero-order chi connectivity index (χ0) is 28.2. The monoisotopic (exact) mass is 561 g/mol. The van der Waals surface area contributed by atoms with Gasteiger partial charge in [-0.25, -0.2) is 4.68 Å². The Morgan fingerprint density at radius 1 is 1.20 bits per heavy atom. The van der Waals surface area contributed by atoms with E-state index in [-0.39, 0.29) is 19.1 Å². The highest BCUT2D eigenvalue weighted by Crippen LogP contribution is 2.72. The molecule has 1 aromatic heterocycles. The molecular weight excluding hydrogens is 530 g/mol. The van der Waals surface area contributed by atoms with Crippen molar-refractivity contribution in [2.24, 2.45) is 11.8 Å². The molecule has 2 bridgehead atoms. The maximum Gasteiger partial charge on any atom is 0.308 e. The molecule has 0 aliphatic carbocycles. The molecule has 11 heteroatoms. The van der Waals surface area contributed by atoms with Crippen LogP contribution in [0.5, 0.6) is 0 Å². The third-order valence-corrected chi connectivity index (χ3v) is 10.8. The molecule has 2 unspecified atom stereocenters. The van der Waals surface area contributed by atoms with Gasteiger partial charge in [0.1, 0.15) is 18.2 Å². The van der Waals surface area contributed by atoms with Gasteiger partial charge in [-0.05, 0) is 37.5 Å². The van der Waals surface area contributed by atoms with E-state index in [0.29, 0.717) is 23.9 Å². The number of carboxylic acids is 1. The summed E-state index contributed by atoms with van der Waals surface area (Å²) < 4.78 is 0.0377. The van der Waals surface area contributed by atoms with Crippen LogP contribution in [0.2, 0.25) is 0 Å². The summed E-state index contributed by atoms with van der Waals surface area (Å²) >= 11 is 1.47. The molecule has 3 aliphatic heterocycles. The smallest absolute Gasteiger partial charge is 0.308 e. The first-order chi connectivity index (χ1) is 19.3. The van der Waals surface area contributed by atoms with Crippen molar-refractivity contribution in [1.29, 1.82) is 0 Å². The first-order valence-electron chi connectivity index (χ1n) is 13.3. The molecule has 0 radical (unpaired) electrons. The van der Waals surface area contributed by atoms with Gasteiger partial charge in [0.25, 0.3) is 0 Å². The molecule has 2 amide bonds. The molecule has 40 heavy (non-hydrogen) atoms. The normalized spacial score (nSPS) is 29.5. The molecule has 3 saturated heterocycles. The van der Waals surface area contributed by atoms with Gasteiger partial charge in [-0.15, -0.1) is 23.4 Å². The van der Waals surface area contributed by atoms with E-state index in [9.17, 15) is 24.6 Å². The van der Waals surface area contributed by atoms with E-state index in [1.165, 1.54) is 16.7 Å². The summed E-state index contributed by atoms with van der Waals surface area (Å²) in [5.41, 5.74) is 2.13. The van der Waals surface area contributed by atoms with Gasteiger partial charge >= 0.3 is 5.97 Å². The number of amides is 2. The number of benzene rings is 2. The second-order valence-corrected chi connectivity index (χ2v) is 12.9. The molecule has 3 aliphatic rings. The number of aliphatic carboxylic acids is 1. The molecule has 10 nitrogen and oxygen atoms in total. The van der Waals surface area contributed by atoms with Gasteiger partial charge in [-0.2, -0.15) is 0 Å². The maximum absolute atomic E-state index is 14.7. The van der Waals surface area contributed by atoms with Crippen molar-refractivity contribution in [3.8, 4) is 0 Å². The number of likely N-dealkylation sites (tertiary alicyclic amines) is 1. The lowest BCUT2D eigenvalue weighted by Crippen LogP contribution is -2.55. The molecule has 6 atom stereocenters. The Labute approximate surface area is 235 Å². The SMILES string of the molecule is C=CCN(Cn1nnc2ccccc21)C(=O)C1N([C@H](CO)c2ccccc2)C(=O)[C@@H]2[C@@H](C(=O)O)[C@@]3(C)CCC12S3. The van der Waals surface area contributed by atoms with Crippen LogP contribution in [0.25, 0.3) is 11.0 Å². The number of carbonyl (C=O) groups is 3. The maximum atomic E-state index is 14.7. The number of aromatic nitrogens is 3. The summed E-state index contributed by atoms with van der Waals surface area (Å²) in [5, 5.41) is 29.4. The number of carbonyl (C=O) groups excluding carboxylic acids is 2. The number of carboxylic acid groups (broad SMARTS) is 1. The second-order valence-electron chi connectivity index (χ2n) is 11.0. The van der Waals surface area contributed by atoms with Gasteiger partial charge in [-0.1, -0.05) is 53.8 Å². The summed E-state index contributed by atoms with van der Waals surface area (Å²) in [6.45, 7) is 5.60. The molecule has 208 valence electrons. The lowest BCUT2D eigenvalue weighted by molar-refractivity contribution is -0.151. The van der Waals surface area contributed by atoms with Crippen molar-refractivity contribution in [3.05, 3.63) is 72.8 Å². The third kappa shape index (κ3) is 3.78. The Morgan fingerprint density at radius 3 is 2.62 bits per heavy atom. The number of fused-ring (bicyclic) bond motifs is 2. The van der Waals surface area contributed by atoms with E-state index in [1.807, 2.05) is 61.5 Å². The van der Waals surface area contributed by atoms with Crippen molar-refractivity contribution in [1.82, 2.24) is 24.8 Å². The summed E-state index contributed by atoms with van der Waals surface area (Å²) in [4.78, 5) is 44.6. The molecule has 3 fully saturated rings. The number of hydrogen-bond acceptors (Lipinski definition) is 7. The van der Waals surface area contributed by atoms with Crippen LogP contribution in [0.3, 0.4) is 0 Å². The Balaban J connectivity index is 1.46. The zero-order valence-corrected chi connectivity index (χ0v) is 22.9. The van der Waals surface area contributed by atoms with Gasteiger partial charge in [0.15, 0.2) is 0 Å². The Hall–Kier alpha value is -3.70. The number of aliphatic hydroxyl groups is 1. The fourth-order valence-corrected chi connectivity index (χ4v) is 9.44. The number of rotatable bonds is 9. The topological polar surface area (TPSA) is 129 Å². The van der Waals surface area contributed by atoms with Gasteiger partial charge in [0.2, 0.25) is 11.8 Å². The van der Waals surface area contributed by atoms with Gasteiger partial charge in [0.05, 0.1) is 34.7 Å². The van der Waals surface area contributed by atoms with Crippen LogP contribution in [-0.2, 0) is 21.1 Å². The van der Waals surface area contributed by atoms with E-state index in [4.69, 9.17) is 0 Å². The highest BCUT2D eigenvalue weighted by atomic mass is 32.2. The van der Waals surface area contributed by atoms with Crippen LogP contribution in [0.4, 0.5) is 0 Å². The Bertz CT molecular complexity index is 1500. The van der Waals surface area contributed by atoms with E-state index in [2.05, 4.69) is 16.9 Å². The molecule has 1 spiro atoms. The molecular formula is C29H31N5O5S. The summed E-state index contributed by atoms with van der Waals surface area (Å²) in [7, 11) is 0. The van der Waals surface area contributed by atoms with Gasteiger partial charge in [-0.3, -0.25) is 14.4 Å². The molecule has 4 heterocycles. The highest BCUT2D eigenvalue weighted by molar-refractivity contribution is 8.02. The fourth-order valence-electron chi connectivity index (χ4n) is 7.11. The van der Waals surface area contributed by atoms with E-state index in [0.717, 1.165) is 5.52 Å². The minimum atomic E-state index is -1.03. The van der Waals surface area contributed by atoms with Crippen molar-refractivity contribution >= 4 is 40.6 Å². The quantitative estimate of drug-likeness (QED) is 0.382. The van der Waals surface area contributed by atoms with Crippen LogP contribution >= 0.6 is 11.8 Å². The van der Waals surface area contributed by atoms with Crippen LogP contribution < -0.4 is 0 Å². The van der Waals surface area contributed by atoms with Gasteiger partial charge in [0, 0.05) is 11.3 Å². The largest absolute Gasteiger partial charge is 0.481 e. The predicted octanol–water partition coefficient (Wildman–Crippen LogP) is 2.70. The lowest BCUT2D eigenvalue weighted by atomic mass is 9.66. The molecule has 2 N–H and O–H groups in total. The lowest BCUT2D eigenvalue weighted by Gasteiger charge is -2.39. The third-order valence-electron chi connectivity index (χ3n) is 8.79. The van der Waals surface area contributed by atoms with Crippen molar-refractivity contribution in [3.63, 3.8) is 0 Å². The minimum absolute atomic E-state index is 0.0735. The first kappa shape index (κ1) is 26.5. The Kier molecular flexibility index (Phi) is 6.46. The van der Waals surface area contributed by atoms with Crippen LogP contribution in [0.1, 0.15) is 31.4 Å². The minimum Gasteiger partial charge on any atom is -0.481 e. The van der Waals surface area contributed by atoms with Crippen LogP contribution in [-0.4, -0.2) is 81.5 Å². The summed E-state index contributed by atoms with van der Waals surface area (Å²) in [5.74, 6) is -3.55. The summed E-state index contributed by atoms with van der Waals surface area (Å²) in [6.07, 6.45) is 2.73. The average Bonchev–Trinajstić information content (AvgIpc) is 3.65. The van der Waals surface area contributed by atoms with Crippen molar-refractivity contribution in [2.75, 3.05) is 13.2 Å². The Morgan fingerprint density at radius 2 is 1.93 bits per heavy atom. The molecule has 3 aromatic rings. The van der Waals surface area contributed by atoms with Crippen LogP contribution in [0, 0.1) is 11.8 Å². The van der Waals surface area contributed by atoms with Crippen molar-refractivity contribution < 1.29 is 24.6 Å². The van der Waals surface area contributed by atoms with E-state index < -0.39 is 51.9 Å². The molecule has 6 rings (SSSR count). The predicted molar refractivity (Wildman–Crippen MR) is 149 cm³/mol.